The Morgan fingerprint density at radius 3 is 2.47 bits per heavy atom. The Labute approximate surface area is 106 Å². The molecule has 98 valence electrons. The van der Waals surface area contributed by atoms with E-state index < -0.39 is 0 Å². The predicted octanol–water partition coefficient (Wildman–Crippen LogP) is 2.39. The van der Waals surface area contributed by atoms with Crippen molar-refractivity contribution >= 4 is 0 Å². The first kappa shape index (κ1) is 14.5. The standard InChI is InChI=1S/C14H27N3/c1-4-5-13-6-8-14(12-15,9-7-13)16-10-11-17(2)3/h13,16H,4-11H2,1-3H3. The van der Waals surface area contributed by atoms with E-state index in [0.29, 0.717) is 0 Å². The fraction of sp³-hybridized carbons (Fsp3) is 0.929. The van der Waals surface area contributed by atoms with E-state index in [4.69, 9.17) is 0 Å². The number of hydrogen-bond acceptors (Lipinski definition) is 3. The smallest absolute Gasteiger partial charge is 0.106 e. The Morgan fingerprint density at radius 1 is 1.35 bits per heavy atom. The average molecular weight is 237 g/mol. The molecule has 0 aromatic heterocycles. The van der Waals surface area contributed by atoms with Gasteiger partial charge in [0, 0.05) is 13.1 Å². The topological polar surface area (TPSA) is 39.1 Å². The SMILES string of the molecule is CCCC1CCC(C#N)(NCCN(C)C)CC1. The van der Waals surface area contributed by atoms with Crippen LogP contribution in [0.4, 0.5) is 0 Å². The molecule has 1 fully saturated rings. The molecule has 0 atom stereocenters. The molecule has 0 aliphatic heterocycles. The summed E-state index contributed by atoms with van der Waals surface area (Å²) in [5.41, 5.74) is -0.236. The lowest BCUT2D eigenvalue weighted by molar-refractivity contribution is 0.224. The fourth-order valence-corrected chi connectivity index (χ4v) is 2.71. The number of likely N-dealkylation sites (N-methyl/N-ethyl adjacent to an activating group) is 1. The van der Waals surface area contributed by atoms with Crippen molar-refractivity contribution < 1.29 is 0 Å². The van der Waals surface area contributed by atoms with E-state index in [0.717, 1.165) is 31.8 Å². The quantitative estimate of drug-likeness (QED) is 0.771. The zero-order chi connectivity index (χ0) is 12.7. The van der Waals surface area contributed by atoms with Gasteiger partial charge < -0.3 is 4.90 Å². The van der Waals surface area contributed by atoms with Crippen molar-refractivity contribution in [2.45, 2.75) is 51.0 Å². The lowest BCUT2D eigenvalue weighted by Crippen LogP contribution is -2.48. The maximum atomic E-state index is 9.40. The number of rotatable bonds is 6. The molecule has 0 heterocycles. The molecule has 0 radical (unpaired) electrons. The van der Waals surface area contributed by atoms with Crippen LogP contribution >= 0.6 is 0 Å². The van der Waals surface area contributed by atoms with Crippen molar-refractivity contribution in [3.8, 4) is 6.07 Å². The summed E-state index contributed by atoms with van der Waals surface area (Å²) in [6, 6.07) is 2.52. The fourth-order valence-electron chi connectivity index (χ4n) is 2.71. The van der Waals surface area contributed by atoms with Crippen LogP contribution in [0.3, 0.4) is 0 Å². The van der Waals surface area contributed by atoms with E-state index in [2.05, 4.69) is 37.3 Å². The minimum Gasteiger partial charge on any atom is -0.308 e. The molecule has 0 spiro atoms. The summed E-state index contributed by atoms with van der Waals surface area (Å²) < 4.78 is 0. The van der Waals surface area contributed by atoms with Crippen molar-refractivity contribution in [2.75, 3.05) is 27.2 Å². The normalized spacial score (nSPS) is 29.2. The molecule has 0 bridgehead atoms. The molecule has 1 saturated carbocycles. The van der Waals surface area contributed by atoms with Crippen LogP contribution in [0.15, 0.2) is 0 Å². The molecule has 1 N–H and O–H groups in total. The van der Waals surface area contributed by atoms with Crippen LogP contribution in [0, 0.1) is 17.2 Å². The van der Waals surface area contributed by atoms with Crippen LogP contribution in [0.2, 0.25) is 0 Å². The minimum absolute atomic E-state index is 0.236. The summed E-state index contributed by atoms with van der Waals surface area (Å²) >= 11 is 0. The summed E-state index contributed by atoms with van der Waals surface area (Å²) in [6.45, 7) is 4.17. The van der Waals surface area contributed by atoms with Crippen LogP contribution in [0.1, 0.15) is 45.4 Å². The molecule has 0 aromatic carbocycles. The molecule has 1 rings (SSSR count). The maximum Gasteiger partial charge on any atom is 0.106 e. The van der Waals surface area contributed by atoms with Crippen LogP contribution < -0.4 is 5.32 Å². The minimum atomic E-state index is -0.236. The third kappa shape index (κ3) is 4.65. The van der Waals surface area contributed by atoms with Gasteiger partial charge in [-0.3, -0.25) is 5.32 Å². The molecule has 1 aliphatic carbocycles. The van der Waals surface area contributed by atoms with Gasteiger partial charge in [-0.2, -0.15) is 5.26 Å². The highest BCUT2D eigenvalue weighted by Gasteiger charge is 2.34. The van der Waals surface area contributed by atoms with Crippen molar-refractivity contribution in [1.82, 2.24) is 10.2 Å². The Kier molecular flexibility index (Phi) is 5.94. The highest BCUT2D eigenvalue weighted by Crippen LogP contribution is 2.33. The highest BCUT2D eigenvalue weighted by molar-refractivity contribution is 5.09. The van der Waals surface area contributed by atoms with Crippen LogP contribution in [0.25, 0.3) is 0 Å². The van der Waals surface area contributed by atoms with E-state index in [1.54, 1.807) is 0 Å². The van der Waals surface area contributed by atoms with Gasteiger partial charge in [0.1, 0.15) is 5.54 Å². The number of nitrogens with zero attached hydrogens (tertiary/aromatic N) is 2. The van der Waals surface area contributed by atoms with E-state index in [9.17, 15) is 5.26 Å². The van der Waals surface area contributed by atoms with Crippen molar-refractivity contribution in [2.24, 2.45) is 5.92 Å². The van der Waals surface area contributed by atoms with Gasteiger partial charge in [-0.1, -0.05) is 19.8 Å². The molecular weight excluding hydrogens is 210 g/mol. The van der Waals surface area contributed by atoms with Gasteiger partial charge in [-0.15, -0.1) is 0 Å². The zero-order valence-electron chi connectivity index (χ0n) is 11.6. The third-order valence-corrected chi connectivity index (χ3v) is 3.89. The second-order valence-corrected chi connectivity index (χ2v) is 5.66. The lowest BCUT2D eigenvalue weighted by Gasteiger charge is -2.36. The van der Waals surface area contributed by atoms with Gasteiger partial charge in [0.25, 0.3) is 0 Å². The first-order valence-electron chi connectivity index (χ1n) is 6.93. The largest absolute Gasteiger partial charge is 0.308 e. The molecular formula is C14H27N3. The van der Waals surface area contributed by atoms with Gasteiger partial charge in [0.15, 0.2) is 0 Å². The van der Waals surface area contributed by atoms with Gasteiger partial charge >= 0.3 is 0 Å². The zero-order valence-corrected chi connectivity index (χ0v) is 11.6. The molecule has 0 aromatic rings. The molecule has 0 unspecified atom stereocenters. The Balaban J connectivity index is 2.36. The highest BCUT2D eigenvalue weighted by atomic mass is 15.1. The average Bonchev–Trinajstić information content (AvgIpc) is 2.31. The number of nitriles is 1. The monoisotopic (exact) mass is 237 g/mol. The molecule has 0 amide bonds. The van der Waals surface area contributed by atoms with Crippen molar-refractivity contribution in [3.05, 3.63) is 0 Å². The number of nitrogens with one attached hydrogen (secondary N) is 1. The first-order valence-corrected chi connectivity index (χ1v) is 6.93. The molecule has 17 heavy (non-hydrogen) atoms. The Morgan fingerprint density at radius 2 is 2.00 bits per heavy atom. The van der Waals surface area contributed by atoms with Crippen LogP contribution in [-0.4, -0.2) is 37.6 Å². The van der Waals surface area contributed by atoms with Crippen LogP contribution in [-0.2, 0) is 0 Å². The predicted molar refractivity (Wildman–Crippen MR) is 71.8 cm³/mol. The molecule has 3 nitrogen and oxygen atoms in total. The lowest BCUT2D eigenvalue weighted by atomic mass is 9.76. The van der Waals surface area contributed by atoms with Crippen molar-refractivity contribution in [1.29, 1.82) is 5.26 Å². The Hall–Kier alpha value is -0.590. The summed E-state index contributed by atoms with van der Waals surface area (Å²) in [7, 11) is 4.14. The van der Waals surface area contributed by atoms with E-state index >= 15 is 0 Å². The second kappa shape index (κ2) is 6.98. The van der Waals surface area contributed by atoms with Gasteiger partial charge in [0.05, 0.1) is 6.07 Å². The van der Waals surface area contributed by atoms with E-state index in [-0.39, 0.29) is 5.54 Å². The van der Waals surface area contributed by atoms with Gasteiger partial charge in [-0.05, 0) is 45.7 Å². The molecule has 3 heteroatoms. The maximum absolute atomic E-state index is 9.40. The summed E-state index contributed by atoms with van der Waals surface area (Å²) in [6.07, 6.45) is 7.10. The first-order chi connectivity index (χ1) is 8.12. The van der Waals surface area contributed by atoms with E-state index in [1.807, 2.05) is 0 Å². The summed E-state index contributed by atoms with van der Waals surface area (Å²) in [5.74, 6) is 0.858. The molecule has 1 aliphatic rings. The Bertz CT molecular complexity index is 247. The summed E-state index contributed by atoms with van der Waals surface area (Å²) in [4.78, 5) is 2.15. The van der Waals surface area contributed by atoms with E-state index in [1.165, 1.54) is 25.7 Å². The number of hydrogen-bond donors (Lipinski definition) is 1. The van der Waals surface area contributed by atoms with Gasteiger partial charge in [-0.25, -0.2) is 0 Å². The van der Waals surface area contributed by atoms with Crippen LogP contribution in [0.5, 0.6) is 0 Å². The summed E-state index contributed by atoms with van der Waals surface area (Å²) in [5, 5.41) is 12.9. The third-order valence-electron chi connectivity index (χ3n) is 3.89. The van der Waals surface area contributed by atoms with Crippen molar-refractivity contribution in [3.63, 3.8) is 0 Å². The second-order valence-electron chi connectivity index (χ2n) is 5.66. The molecule has 0 saturated heterocycles. The van der Waals surface area contributed by atoms with Gasteiger partial charge in [0.2, 0.25) is 0 Å².